The lowest BCUT2D eigenvalue weighted by Crippen LogP contribution is -2.36. The van der Waals surface area contributed by atoms with Crippen LogP contribution in [0.4, 0.5) is 0 Å². The molecule has 1 rings (SSSR count). The highest BCUT2D eigenvalue weighted by atomic mass is 16.5. The van der Waals surface area contributed by atoms with Crippen molar-refractivity contribution in [2.24, 2.45) is 0 Å². The molecule has 94 valence electrons. The van der Waals surface area contributed by atoms with E-state index in [-0.39, 0.29) is 0 Å². The number of methoxy groups -OCH3 is 1. The quantitative estimate of drug-likeness (QED) is 0.292. The van der Waals surface area contributed by atoms with Gasteiger partial charge in [-0.05, 0) is 17.7 Å². The van der Waals surface area contributed by atoms with Crippen molar-refractivity contribution in [1.29, 1.82) is 0 Å². The first-order valence-corrected chi connectivity index (χ1v) is 4.99. The summed E-state index contributed by atoms with van der Waals surface area (Å²) in [6, 6.07) is 6.97. The van der Waals surface area contributed by atoms with E-state index in [1.807, 2.05) is 0 Å². The Kier molecular flexibility index (Phi) is 4.68. The number of carboxylic acid groups (broad SMARTS) is 2. The standard InChI is InChI=1S/C13H12O5/c1-18-10-6-2-4-9(8-10)5-3-7-11(12(14)15)13(16)17/h2-8H,1H3,(H,14,15)(H,16,17)/p-2/b5-3+. The number of hydrogen-bond donors (Lipinski definition) is 0. The molecule has 5 heteroatoms. The Balaban J connectivity index is 2.89. The van der Waals surface area contributed by atoms with Gasteiger partial charge in [0.1, 0.15) is 5.75 Å². The maximum absolute atomic E-state index is 10.4. The van der Waals surface area contributed by atoms with Crippen LogP contribution >= 0.6 is 0 Å². The molecule has 0 bridgehead atoms. The SMILES string of the molecule is COc1cccc(/C=C/C=C(C(=O)[O-])C(=O)[O-])c1. The maximum Gasteiger partial charge on any atom is 0.119 e. The Hall–Kier alpha value is -2.56. The van der Waals surface area contributed by atoms with Gasteiger partial charge in [0, 0.05) is 5.57 Å². The van der Waals surface area contributed by atoms with Crippen LogP contribution in [0, 0.1) is 0 Å². The molecule has 0 aliphatic heterocycles. The molecule has 0 saturated carbocycles. The van der Waals surface area contributed by atoms with Crippen molar-refractivity contribution in [1.82, 2.24) is 0 Å². The zero-order chi connectivity index (χ0) is 13.5. The molecule has 1 aromatic carbocycles. The minimum Gasteiger partial charge on any atom is -0.545 e. The number of carbonyl (C=O) groups is 2. The van der Waals surface area contributed by atoms with Crippen LogP contribution in [0.5, 0.6) is 5.75 Å². The third-order valence-corrected chi connectivity index (χ3v) is 2.09. The zero-order valence-electron chi connectivity index (χ0n) is 9.58. The van der Waals surface area contributed by atoms with Crippen molar-refractivity contribution in [3.8, 4) is 5.75 Å². The van der Waals surface area contributed by atoms with Gasteiger partial charge in [0.2, 0.25) is 0 Å². The second-order valence-corrected chi connectivity index (χ2v) is 3.29. The largest absolute Gasteiger partial charge is 0.545 e. The zero-order valence-corrected chi connectivity index (χ0v) is 9.58. The highest BCUT2D eigenvalue weighted by Gasteiger charge is 1.97. The molecule has 0 unspecified atom stereocenters. The number of aliphatic carboxylic acids is 2. The Morgan fingerprint density at radius 2 is 1.89 bits per heavy atom. The number of carbonyl (C=O) groups excluding carboxylic acids is 2. The molecule has 18 heavy (non-hydrogen) atoms. The fourth-order valence-corrected chi connectivity index (χ4v) is 1.22. The van der Waals surface area contributed by atoms with E-state index >= 15 is 0 Å². The van der Waals surface area contributed by atoms with Gasteiger partial charge in [-0.2, -0.15) is 0 Å². The van der Waals surface area contributed by atoms with E-state index in [9.17, 15) is 19.8 Å². The van der Waals surface area contributed by atoms with Gasteiger partial charge in [-0.3, -0.25) is 0 Å². The second kappa shape index (κ2) is 6.24. The highest BCUT2D eigenvalue weighted by Crippen LogP contribution is 2.13. The van der Waals surface area contributed by atoms with E-state index in [0.29, 0.717) is 5.75 Å². The summed E-state index contributed by atoms with van der Waals surface area (Å²) in [5.74, 6) is -2.93. The van der Waals surface area contributed by atoms with Crippen LogP contribution in [-0.2, 0) is 9.59 Å². The van der Waals surface area contributed by atoms with Gasteiger partial charge in [-0.25, -0.2) is 0 Å². The molecule has 0 heterocycles. The normalized spacial score (nSPS) is 10.1. The van der Waals surface area contributed by atoms with Crippen LogP contribution in [0.15, 0.2) is 42.0 Å². The lowest BCUT2D eigenvalue weighted by molar-refractivity contribution is -0.312. The number of allylic oxidation sites excluding steroid dienone is 2. The second-order valence-electron chi connectivity index (χ2n) is 3.29. The predicted octanol–water partition coefficient (Wildman–Crippen LogP) is -0.865. The molecule has 0 fully saturated rings. The lowest BCUT2D eigenvalue weighted by Gasteiger charge is -2.07. The molecule has 0 aliphatic carbocycles. The summed E-state index contributed by atoms with van der Waals surface area (Å²) in [5.41, 5.74) is -0.171. The third-order valence-electron chi connectivity index (χ3n) is 2.09. The molecule has 0 saturated heterocycles. The van der Waals surface area contributed by atoms with Crippen LogP contribution < -0.4 is 14.9 Å². The van der Waals surface area contributed by atoms with Crippen LogP contribution in [0.2, 0.25) is 0 Å². The van der Waals surface area contributed by atoms with Crippen LogP contribution in [0.25, 0.3) is 6.08 Å². The number of rotatable bonds is 5. The maximum atomic E-state index is 10.4. The molecule has 5 nitrogen and oxygen atoms in total. The monoisotopic (exact) mass is 246 g/mol. The van der Waals surface area contributed by atoms with Gasteiger partial charge in [-0.15, -0.1) is 0 Å². The number of benzene rings is 1. The average Bonchev–Trinajstić information content (AvgIpc) is 2.34. The molecular weight excluding hydrogens is 236 g/mol. The van der Waals surface area contributed by atoms with Crippen LogP contribution in [-0.4, -0.2) is 19.0 Å². The van der Waals surface area contributed by atoms with E-state index in [1.165, 1.54) is 19.3 Å². The first-order valence-electron chi connectivity index (χ1n) is 4.99. The molecular formula is C13H10O5-2. The summed E-state index contributed by atoms with van der Waals surface area (Å²) >= 11 is 0. The van der Waals surface area contributed by atoms with Gasteiger partial charge in [0.15, 0.2) is 0 Å². The van der Waals surface area contributed by atoms with Gasteiger partial charge in [-0.1, -0.05) is 30.4 Å². The molecule has 0 amide bonds. The van der Waals surface area contributed by atoms with Crippen molar-refractivity contribution < 1.29 is 24.5 Å². The minimum atomic E-state index is -1.79. The van der Waals surface area contributed by atoms with Gasteiger partial charge >= 0.3 is 0 Å². The molecule has 0 aliphatic rings. The fourth-order valence-electron chi connectivity index (χ4n) is 1.22. The third kappa shape index (κ3) is 3.79. The number of carboxylic acids is 2. The van der Waals surface area contributed by atoms with Gasteiger partial charge in [0.05, 0.1) is 19.0 Å². The van der Waals surface area contributed by atoms with Gasteiger partial charge < -0.3 is 24.5 Å². The number of ether oxygens (including phenoxy) is 1. The van der Waals surface area contributed by atoms with Crippen LogP contribution in [0.3, 0.4) is 0 Å². The minimum absolute atomic E-state index is 0.640. The Morgan fingerprint density at radius 3 is 2.44 bits per heavy atom. The topological polar surface area (TPSA) is 89.5 Å². The molecule has 1 aromatic rings. The van der Waals surface area contributed by atoms with E-state index in [2.05, 4.69) is 0 Å². The van der Waals surface area contributed by atoms with E-state index in [1.54, 1.807) is 24.3 Å². The van der Waals surface area contributed by atoms with E-state index in [0.717, 1.165) is 11.6 Å². The first kappa shape index (κ1) is 13.5. The Labute approximate surface area is 104 Å². The molecule has 0 atom stereocenters. The first-order chi connectivity index (χ1) is 8.54. The molecule has 0 spiro atoms. The smallest absolute Gasteiger partial charge is 0.119 e. The van der Waals surface area contributed by atoms with Crippen molar-refractivity contribution in [3.05, 3.63) is 47.6 Å². The summed E-state index contributed by atoms with van der Waals surface area (Å²) in [6.07, 6.45) is 3.73. The van der Waals surface area contributed by atoms with Crippen molar-refractivity contribution in [2.45, 2.75) is 0 Å². The van der Waals surface area contributed by atoms with Crippen molar-refractivity contribution >= 4 is 18.0 Å². The summed E-state index contributed by atoms with van der Waals surface area (Å²) in [6.45, 7) is 0. The average molecular weight is 246 g/mol. The summed E-state index contributed by atoms with van der Waals surface area (Å²) in [4.78, 5) is 20.9. The fraction of sp³-hybridized carbons (Fsp3) is 0.0769. The predicted molar refractivity (Wildman–Crippen MR) is 60.1 cm³/mol. The molecule has 0 aromatic heterocycles. The van der Waals surface area contributed by atoms with Crippen molar-refractivity contribution in [3.63, 3.8) is 0 Å². The Bertz CT molecular complexity index is 498. The summed E-state index contributed by atoms with van der Waals surface area (Å²) in [5, 5.41) is 20.9. The van der Waals surface area contributed by atoms with E-state index in [4.69, 9.17) is 4.74 Å². The van der Waals surface area contributed by atoms with Gasteiger partial charge in [0.25, 0.3) is 0 Å². The molecule has 0 radical (unpaired) electrons. The lowest BCUT2D eigenvalue weighted by atomic mass is 10.2. The van der Waals surface area contributed by atoms with Crippen LogP contribution in [0.1, 0.15) is 5.56 Å². The highest BCUT2D eigenvalue weighted by molar-refractivity contribution is 6.10. The Morgan fingerprint density at radius 1 is 1.22 bits per heavy atom. The summed E-state index contributed by atoms with van der Waals surface area (Å²) in [7, 11) is 1.52. The van der Waals surface area contributed by atoms with E-state index < -0.39 is 17.5 Å². The molecule has 0 N–H and O–H groups in total. The number of hydrogen-bond acceptors (Lipinski definition) is 5. The van der Waals surface area contributed by atoms with Crippen molar-refractivity contribution in [2.75, 3.05) is 7.11 Å². The summed E-state index contributed by atoms with van der Waals surface area (Å²) < 4.78 is 5.00.